The van der Waals surface area contributed by atoms with Gasteiger partial charge >= 0.3 is 5.97 Å². The Morgan fingerprint density at radius 3 is 2.77 bits per heavy atom. The van der Waals surface area contributed by atoms with Crippen LogP contribution in [-0.4, -0.2) is 18.5 Å². The highest BCUT2D eigenvalue weighted by molar-refractivity contribution is 7.18. The molecule has 1 heterocycles. The van der Waals surface area contributed by atoms with Gasteiger partial charge in [-0.05, 0) is 49.7 Å². The Morgan fingerprint density at radius 1 is 1.27 bits per heavy atom. The van der Waals surface area contributed by atoms with E-state index in [0.29, 0.717) is 23.3 Å². The lowest BCUT2D eigenvalue weighted by Gasteiger charge is -2.24. The summed E-state index contributed by atoms with van der Waals surface area (Å²) in [6.07, 6.45) is 8.33. The second-order valence-electron chi connectivity index (χ2n) is 6.21. The maximum absolute atomic E-state index is 12.1. The first-order chi connectivity index (χ1) is 10.6. The molecule has 2 aliphatic rings. The summed E-state index contributed by atoms with van der Waals surface area (Å²) in [6, 6.07) is 3.49. The van der Waals surface area contributed by atoms with Crippen molar-refractivity contribution in [1.29, 1.82) is 0 Å². The summed E-state index contributed by atoms with van der Waals surface area (Å²) in [5.74, 6) is 0.888. The third-order valence-corrected chi connectivity index (χ3v) is 5.33. The number of hydrogen-bond acceptors (Lipinski definition) is 4. The van der Waals surface area contributed by atoms with Gasteiger partial charge in [0.1, 0.15) is 4.88 Å². The number of anilines is 1. The molecule has 0 saturated heterocycles. The van der Waals surface area contributed by atoms with Gasteiger partial charge in [0.25, 0.3) is 0 Å². The van der Waals surface area contributed by atoms with E-state index in [-0.39, 0.29) is 17.8 Å². The van der Waals surface area contributed by atoms with Gasteiger partial charge in [0, 0.05) is 5.92 Å². The minimum absolute atomic E-state index is 0.0598. The largest absolute Gasteiger partial charge is 0.461 e. The summed E-state index contributed by atoms with van der Waals surface area (Å²) in [5, 5.41) is 3.57. The average Bonchev–Trinajstić information content (AvgIpc) is 3.26. The quantitative estimate of drug-likeness (QED) is 0.662. The normalized spacial score (nSPS) is 24.0. The van der Waals surface area contributed by atoms with Crippen molar-refractivity contribution in [3.8, 4) is 0 Å². The molecular formula is C17H21NO3S. The molecule has 2 unspecified atom stereocenters. The Bertz CT molecular complexity index is 588. The number of allylic oxidation sites excluding steroid dienone is 2. The summed E-state index contributed by atoms with van der Waals surface area (Å²) in [5.41, 5.74) is 0. The molecule has 2 atom stereocenters. The number of carbonyl (C=O) groups excluding carboxylic acids is 2. The van der Waals surface area contributed by atoms with Crippen molar-refractivity contribution in [2.24, 2.45) is 17.8 Å². The van der Waals surface area contributed by atoms with E-state index in [1.54, 1.807) is 12.1 Å². The first-order valence-electron chi connectivity index (χ1n) is 7.86. The predicted octanol–water partition coefficient (Wildman–Crippen LogP) is 3.86. The van der Waals surface area contributed by atoms with E-state index >= 15 is 0 Å². The molecule has 5 heteroatoms. The highest BCUT2D eigenvalue weighted by Gasteiger charge is 2.30. The zero-order chi connectivity index (χ0) is 15.5. The maximum atomic E-state index is 12.1. The smallest absolute Gasteiger partial charge is 0.348 e. The second-order valence-corrected chi connectivity index (χ2v) is 7.29. The molecule has 0 radical (unpaired) electrons. The number of amides is 1. The Kier molecular flexibility index (Phi) is 4.62. The summed E-state index contributed by atoms with van der Waals surface area (Å²) >= 11 is 1.28. The molecule has 22 heavy (non-hydrogen) atoms. The van der Waals surface area contributed by atoms with Gasteiger partial charge in [-0.2, -0.15) is 0 Å². The average molecular weight is 319 g/mol. The molecule has 1 N–H and O–H groups in total. The van der Waals surface area contributed by atoms with Gasteiger partial charge in [0.2, 0.25) is 5.91 Å². The van der Waals surface area contributed by atoms with Crippen molar-refractivity contribution >= 4 is 28.2 Å². The molecule has 1 saturated carbocycles. The molecule has 3 rings (SSSR count). The Labute approximate surface area is 134 Å². The molecule has 0 aromatic carbocycles. The zero-order valence-electron chi connectivity index (χ0n) is 12.7. The van der Waals surface area contributed by atoms with Crippen molar-refractivity contribution in [3.05, 3.63) is 29.2 Å². The lowest BCUT2D eigenvalue weighted by atomic mass is 9.85. The molecule has 0 bridgehead atoms. The maximum Gasteiger partial charge on any atom is 0.348 e. The van der Waals surface area contributed by atoms with Gasteiger partial charge in [-0.15, -0.1) is 11.3 Å². The van der Waals surface area contributed by atoms with E-state index in [1.807, 2.05) is 0 Å². The number of rotatable bonds is 5. The van der Waals surface area contributed by atoms with E-state index < -0.39 is 0 Å². The fourth-order valence-electron chi connectivity index (χ4n) is 2.58. The van der Waals surface area contributed by atoms with Crippen LogP contribution < -0.4 is 5.32 Å². The van der Waals surface area contributed by atoms with Crippen LogP contribution in [-0.2, 0) is 9.53 Å². The predicted molar refractivity (Wildman–Crippen MR) is 87.0 cm³/mol. The summed E-state index contributed by atoms with van der Waals surface area (Å²) in [6.45, 7) is 2.66. The van der Waals surface area contributed by atoms with Crippen LogP contribution in [0, 0.1) is 17.8 Å². The Hall–Kier alpha value is -1.62. The Morgan fingerprint density at radius 2 is 2.05 bits per heavy atom. The highest BCUT2D eigenvalue weighted by Crippen LogP contribution is 2.32. The van der Waals surface area contributed by atoms with Gasteiger partial charge in [0.15, 0.2) is 0 Å². The van der Waals surface area contributed by atoms with E-state index in [9.17, 15) is 9.59 Å². The summed E-state index contributed by atoms with van der Waals surface area (Å²) in [4.78, 5) is 24.3. The van der Waals surface area contributed by atoms with Crippen LogP contribution in [0.25, 0.3) is 0 Å². The second kappa shape index (κ2) is 6.65. The van der Waals surface area contributed by atoms with Gasteiger partial charge in [0.05, 0.1) is 11.6 Å². The number of carbonyl (C=O) groups is 2. The van der Waals surface area contributed by atoms with Crippen LogP contribution in [0.2, 0.25) is 0 Å². The van der Waals surface area contributed by atoms with Crippen LogP contribution >= 0.6 is 11.3 Å². The van der Waals surface area contributed by atoms with Crippen LogP contribution in [0.5, 0.6) is 0 Å². The first kappa shape index (κ1) is 15.3. The number of ether oxygens (including phenoxy) is 1. The molecule has 1 aromatic heterocycles. The monoisotopic (exact) mass is 319 g/mol. The highest BCUT2D eigenvalue weighted by atomic mass is 32.1. The zero-order valence-corrected chi connectivity index (χ0v) is 13.5. The minimum Gasteiger partial charge on any atom is -0.461 e. The lowest BCUT2D eigenvalue weighted by Crippen LogP contribution is -2.21. The van der Waals surface area contributed by atoms with Crippen molar-refractivity contribution < 1.29 is 14.3 Å². The molecule has 1 amide bonds. The van der Waals surface area contributed by atoms with Crippen molar-refractivity contribution in [2.75, 3.05) is 11.9 Å². The van der Waals surface area contributed by atoms with Gasteiger partial charge in [-0.3, -0.25) is 4.79 Å². The van der Waals surface area contributed by atoms with Crippen molar-refractivity contribution in [2.45, 2.75) is 32.6 Å². The van der Waals surface area contributed by atoms with Crippen molar-refractivity contribution in [1.82, 2.24) is 0 Å². The molecule has 4 nitrogen and oxygen atoms in total. The van der Waals surface area contributed by atoms with Crippen molar-refractivity contribution in [3.63, 3.8) is 0 Å². The molecule has 1 aromatic rings. The van der Waals surface area contributed by atoms with E-state index in [4.69, 9.17) is 4.74 Å². The third kappa shape index (κ3) is 3.77. The lowest BCUT2D eigenvalue weighted by molar-refractivity contribution is -0.117. The summed E-state index contributed by atoms with van der Waals surface area (Å²) in [7, 11) is 0. The van der Waals surface area contributed by atoms with Crippen LogP contribution in [0.1, 0.15) is 42.3 Å². The fourth-order valence-corrected chi connectivity index (χ4v) is 3.38. The number of thiophene rings is 1. The van der Waals surface area contributed by atoms with Crippen LogP contribution in [0.3, 0.4) is 0 Å². The van der Waals surface area contributed by atoms with Crippen LogP contribution in [0.4, 0.5) is 5.00 Å². The fraction of sp³-hybridized carbons (Fsp3) is 0.529. The third-order valence-electron chi connectivity index (χ3n) is 4.35. The van der Waals surface area contributed by atoms with E-state index in [2.05, 4.69) is 24.4 Å². The van der Waals surface area contributed by atoms with E-state index in [0.717, 1.165) is 30.7 Å². The molecular weight excluding hydrogens is 298 g/mol. The molecule has 0 aliphatic heterocycles. The topological polar surface area (TPSA) is 55.4 Å². The van der Waals surface area contributed by atoms with Gasteiger partial charge in [-0.1, -0.05) is 19.1 Å². The SMILES string of the molecule is CC1CC=CCC1COC(=O)c1ccc(NC(=O)C2CC2)s1. The minimum atomic E-state index is -0.293. The van der Waals surface area contributed by atoms with Crippen LogP contribution in [0.15, 0.2) is 24.3 Å². The molecule has 118 valence electrons. The molecule has 0 spiro atoms. The number of esters is 1. The first-order valence-corrected chi connectivity index (χ1v) is 8.68. The summed E-state index contributed by atoms with van der Waals surface area (Å²) < 4.78 is 5.44. The van der Waals surface area contributed by atoms with Gasteiger partial charge in [-0.25, -0.2) is 4.79 Å². The van der Waals surface area contributed by atoms with E-state index in [1.165, 1.54) is 11.3 Å². The number of hydrogen-bond donors (Lipinski definition) is 1. The number of nitrogens with one attached hydrogen (secondary N) is 1. The standard InChI is InChI=1S/C17H21NO3S/c1-11-4-2-3-5-13(11)10-21-17(20)14-8-9-15(22-14)18-16(19)12-6-7-12/h2-3,8-9,11-13H,4-7,10H2,1H3,(H,18,19). The Balaban J connectivity index is 1.50. The molecule has 2 aliphatic carbocycles. The van der Waals surface area contributed by atoms with Gasteiger partial charge < -0.3 is 10.1 Å². The molecule has 1 fully saturated rings.